The molecule has 39 heavy (non-hydrogen) atoms. The number of nitrogens with one attached hydrogen (secondary N) is 1. The van der Waals surface area contributed by atoms with Gasteiger partial charge in [0.25, 0.3) is 5.89 Å². The molecule has 2 heterocycles. The predicted octanol–water partition coefficient (Wildman–Crippen LogP) is 4.76. The highest BCUT2D eigenvalue weighted by atomic mass is 32.2. The van der Waals surface area contributed by atoms with Crippen LogP contribution in [0.4, 0.5) is 14.6 Å². The van der Waals surface area contributed by atoms with Crippen molar-refractivity contribution in [3.63, 3.8) is 0 Å². The average molecular weight is 559 g/mol. The summed E-state index contributed by atoms with van der Waals surface area (Å²) in [6.45, 7) is 8.84. The largest absolute Gasteiger partial charge is 0.414 e. The van der Waals surface area contributed by atoms with Gasteiger partial charge < -0.3 is 15.5 Å². The first-order valence-electron chi connectivity index (χ1n) is 12.3. The van der Waals surface area contributed by atoms with Crippen LogP contribution in [0.1, 0.15) is 33.1 Å². The third kappa shape index (κ3) is 7.64. The lowest BCUT2D eigenvalue weighted by atomic mass is 10.1. The zero-order valence-electron chi connectivity index (χ0n) is 22.1. The van der Waals surface area contributed by atoms with Gasteiger partial charge in [-0.25, -0.2) is 22.8 Å². The molecule has 0 fully saturated rings. The highest BCUT2D eigenvalue weighted by Gasteiger charge is 2.23. The van der Waals surface area contributed by atoms with Crippen molar-refractivity contribution in [2.75, 3.05) is 25.5 Å². The van der Waals surface area contributed by atoms with Crippen molar-refractivity contribution in [3.8, 4) is 22.8 Å². The van der Waals surface area contributed by atoms with Crippen LogP contribution < -0.4 is 11.1 Å². The van der Waals surface area contributed by atoms with Crippen molar-refractivity contribution in [2.45, 2.75) is 43.5 Å². The number of alkyl halides is 2. The second-order valence-corrected chi connectivity index (χ2v) is 11.3. The summed E-state index contributed by atoms with van der Waals surface area (Å²) in [4.78, 5) is 8.77. The fourth-order valence-electron chi connectivity index (χ4n) is 3.45. The van der Waals surface area contributed by atoms with Crippen LogP contribution in [0.5, 0.6) is 0 Å². The van der Waals surface area contributed by atoms with Gasteiger partial charge in [-0.1, -0.05) is 30.9 Å². The Labute approximate surface area is 226 Å². The minimum atomic E-state index is -3.65. The number of nitrogens with zero attached hydrogens (tertiary/aromatic N) is 4. The van der Waals surface area contributed by atoms with Crippen LogP contribution in [0.3, 0.4) is 0 Å². The number of halogens is 2. The third-order valence-electron chi connectivity index (χ3n) is 5.85. The minimum Gasteiger partial charge on any atom is -0.414 e. The number of rotatable bonds is 13. The topological polar surface area (TPSA) is 137 Å². The van der Waals surface area contributed by atoms with Crippen molar-refractivity contribution in [3.05, 3.63) is 66.7 Å². The Balaban J connectivity index is 1.78. The van der Waals surface area contributed by atoms with Gasteiger partial charge in [-0.15, -0.1) is 10.2 Å². The Hall–Kier alpha value is -3.77. The summed E-state index contributed by atoms with van der Waals surface area (Å²) in [5, 5.41) is 10.2. The van der Waals surface area contributed by atoms with Crippen LogP contribution >= 0.6 is 0 Å². The number of hydrogen-bond acceptors (Lipinski definition) is 9. The number of sulfone groups is 1. The molecular formula is C27H32F2N6O3S. The van der Waals surface area contributed by atoms with E-state index in [1.807, 2.05) is 19.1 Å². The van der Waals surface area contributed by atoms with Gasteiger partial charge in [-0.3, -0.25) is 4.39 Å². The zero-order valence-corrected chi connectivity index (χ0v) is 22.9. The molecule has 2 unspecified atom stereocenters. The van der Waals surface area contributed by atoms with Gasteiger partial charge in [0, 0.05) is 24.2 Å². The maximum absolute atomic E-state index is 13.0. The molecule has 1 aromatic carbocycles. The molecular weight excluding hydrogens is 526 g/mol. The van der Waals surface area contributed by atoms with E-state index in [2.05, 4.69) is 32.1 Å². The van der Waals surface area contributed by atoms with E-state index < -0.39 is 27.9 Å². The fourth-order valence-corrected chi connectivity index (χ4v) is 4.83. The number of hydrogen-bond donors (Lipinski definition) is 2. The molecule has 2 aromatic heterocycles. The number of allylic oxidation sites excluding steroid dienone is 3. The molecule has 3 N–H and O–H groups in total. The first kappa shape index (κ1) is 29.8. The summed E-state index contributed by atoms with van der Waals surface area (Å²) in [7, 11) is -3.65. The first-order valence-corrected chi connectivity index (χ1v) is 13.9. The molecule has 0 spiro atoms. The highest BCUT2D eigenvalue weighted by Crippen LogP contribution is 2.28. The molecule has 0 bridgehead atoms. The maximum atomic E-state index is 13.0. The van der Waals surface area contributed by atoms with Crippen molar-refractivity contribution < 1.29 is 21.6 Å². The molecule has 0 amide bonds. The molecule has 0 radical (unpaired) electrons. The average Bonchev–Trinajstić information content (AvgIpc) is 3.41. The first-order chi connectivity index (χ1) is 18.6. The van der Waals surface area contributed by atoms with Crippen LogP contribution in [0.15, 0.2) is 70.2 Å². The summed E-state index contributed by atoms with van der Waals surface area (Å²) in [5.74, 6) is 0.264. The van der Waals surface area contributed by atoms with E-state index in [1.165, 1.54) is 32.2 Å². The Bertz CT molecular complexity index is 1450. The van der Waals surface area contributed by atoms with Crippen LogP contribution in [0.2, 0.25) is 0 Å². The molecule has 208 valence electrons. The lowest BCUT2D eigenvalue weighted by Crippen LogP contribution is -2.23. The molecule has 9 nitrogen and oxygen atoms in total. The summed E-state index contributed by atoms with van der Waals surface area (Å²) in [6.07, 6.45) is 5.86. The molecule has 0 aliphatic heterocycles. The van der Waals surface area contributed by atoms with Crippen LogP contribution in [-0.4, -0.2) is 59.8 Å². The molecule has 0 saturated carbocycles. The number of nitrogen functional groups attached to an aromatic ring is 1. The Morgan fingerprint density at radius 2 is 1.92 bits per heavy atom. The van der Waals surface area contributed by atoms with Gasteiger partial charge in [-0.05, 0) is 51.0 Å². The lowest BCUT2D eigenvalue weighted by molar-refractivity contribution is 0.349. The Morgan fingerprint density at radius 1 is 1.21 bits per heavy atom. The minimum absolute atomic E-state index is 0.0375. The second kappa shape index (κ2) is 13.3. The highest BCUT2D eigenvalue weighted by molar-refractivity contribution is 7.92. The van der Waals surface area contributed by atoms with E-state index in [1.54, 1.807) is 18.2 Å². The van der Waals surface area contributed by atoms with Crippen molar-refractivity contribution in [2.24, 2.45) is 0 Å². The van der Waals surface area contributed by atoms with Gasteiger partial charge >= 0.3 is 0 Å². The smallest absolute Gasteiger partial charge is 0.270 e. The summed E-state index contributed by atoms with van der Waals surface area (Å²) < 4.78 is 56.6. The van der Waals surface area contributed by atoms with Crippen LogP contribution in [-0.2, 0) is 9.84 Å². The monoisotopic (exact) mass is 558 g/mol. The fraction of sp³-hybridized carbons (Fsp3) is 0.333. The normalized spacial score (nSPS) is 14.0. The molecule has 2 atom stereocenters. The number of anilines is 1. The van der Waals surface area contributed by atoms with Crippen molar-refractivity contribution in [1.82, 2.24) is 25.5 Å². The second-order valence-electron chi connectivity index (χ2n) is 8.89. The number of nitrogens with two attached hydrogens (primary N) is 1. The van der Waals surface area contributed by atoms with E-state index in [0.29, 0.717) is 23.4 Å². The van der Waals surface area contributed by atoms with Gasteiger partial charge in [0.1, 0.15) is 6.17 Å². The van der Waals surface area contributed by atoms with E-state index >= 15 is 0 Å². The SMILES string of the molecule is C=C(/C=C\C(=C/C)CNCC(C)F)c1nnc(-c2nc(-c3ccc(S(=O)(=O)C(C)CCF)cc3)cnc2N)o1. The molecule has 3 aromatic rings. The summed E-state index contributed by atoms with van der Waals surface area (Å²) in [5.41, 5.74) is 8.56. The third-order valence-corrected chi connectivity index (χ3v) is 8.08. The number of benzene rings is 1. The Morgan fingerprint density at radius 3 is 2.56 bits per heavy atom. The summed E-state index contributed by atoms with van der Waals surface area (Å²) in [6, 6.07) is 6.08. The van der Waals surface area contributed by atoms with Crippen molar-refractivity contribution >= 4 is 21.2 Å². The van der Waals surface area contributed by atoms with Crippen LogP contribution in [0.25, 0.3) is 28.4 Å². The van der Waals surface area contributed by atoms with E-state index in [9.17, 15) is 17.2 Å². The van der Waals surface area contributed by atoms with E-state index in [0.717, 1.165) is 5.57 Å². The lowest BCUT2D eigenvalue weighted by Gasteiger charge is -2.11. The van der Waals surface area contributed by atoms with Crippen LogP contribution in [0, 0.1) is 0 Å². The van der Waals surface area contributed by atoms with Gasteiger partial charge in [0.2, 0.25) is 5.89 Å². The zero-order chi connectivity index (χ0) is 28.6. The standard InChI is InChI=1S/C27H32F2N6O3S/c1-5-20(15-31-14-18(3)29)7-6-17(2)26-34-35-27(38-26)24-25(30)32-16-23(33-24)21-8-10-22(11-9-21)39(36,37)19(4)12-13-28/h5-11,16,18-19,31H,2,12-15H2,1,3-4H3,(H2,30,32)/b7-6-,20-5+. The van der Waals surface area contributed by atoms with E-state index in [4.69, 9.17) is 10.2 Å². The molecule has 12 heteroatoms. The number of aromatic nitrogens is 4. The van der Waals surface area contributed by atoms with Crippen molar-refractivity contribution in [1.29, 1.82) is 0 Å². The quantitative estimate of drug-likeness (QED) is 0.284. The van der Waals surface area contributed by atoms with Gasteiger partial charge in [0.05, 0.1) is 28.7 Å². The molecule has 0 aliphatic rings. The predicted molar refractivity (Wildman–Crippen MR) is 148 cm³/mol. The maximum Gasteiger partial charge on any atom is 0.270 e. The molecule has 0 aliphatic carbocycles. The van der Waals surface area contributed by atoms with Gasteiger partial charge in [-0.2, -0.15) is 0 Å². The molecule has 0 saturated heterocycles. The summed E-state index contributed by atoms with van der Waals surface area (Å²) >= 11 is 0. The Kier molecular flexibility index (Phi) is 10.2. The van der Waals surface area contributed by atoms with Gasteiger partial charge in [0.15, 0.2) is 21.3 Å². The van der Waals surface area contributed by atoms with E-state index in [-0.39, 0.29) is 41.2 Å². The molecule has 3 rings (SSSR count).